The van der Waals surface area contributed by atoms with Gasteiger partial charge < -0.3 is 10.6 Å². The zero-order valence-corrected chi connectivity index (χ0v) is 12.1. The Hall–Kier alpha value is -2.76. The number of alkyl halides is 3. The van der Waals surface area contributed by atoms with E-state index in [1.54, 1.807) is 24.3 Å². The normalized spacial score (nSPS) is 14.7. The molecule has 0 atom stereocenters. The Bertz CT molecular complexity index is 764. The molecule has 118 valence electrons. The molecule has 3 nitrogen and oxygen atoms in total. The largest absolute Gasteiger partial charge is 0.406 e. The molecule has 0 bridgehead atoms. The molecule has 6 heteroatoms. The molecule has 2 N–H and O–H groups in total. The van der Waals surface area contributed by atoms with Gasteiger partial charge in [-0.15, -0.1) is 0 Å². The SMILES string of the molecule is NC1=CN(CC(F)(F)F)c2ccccc2C(c2ccccc2)=N1. The van der Waals surface area contributed by atoms with E-state index in [1.807, 2.05) is 30.3 Å². The molecule has 1 aliphatic heterocycles. The monoisotopic (exact) mass is 317 g/mol. The molecular weight excluding hydrogens is 303 g/mol. The van der Waals surface area contributed by atoms with Gasteiger partial charge in [0.05, 0.1) is 11.4 Å². The third kappa shape index (κ3) is 3.36. The Morgan fingerprint density at radius 2 is 1.61 bits per heavy atom. The maximum atomic E-state index is 12.9. The van der Waals surface area contributed by atoms with Gasteiger partial charge in [0.2, 0.25) is 0 Å². The number of nitrogens with zero attached hydrogens (tertiary/aromatic N) is 2. The Kier molecular flexibility index (Phi) is 3.82. The number of nitrogens with two attached hydrogens (primary N) is 1. The summed E-state index contributed by atoms with van der Waals surface area (Å²) in [5, 5.41) is 0. The van der Waals surface area contributed by atoms with Gasteiger partial charge in [-0.05, 0) is 6.07 Å². The highest BCUT2D eigenvalue weighted by atomic mass is 19.4. The Balaban J connectivity index is 2.14. The number of rotatable bonds is 2. The fourth-order valence-electron chi connectivity index (χ4n) is 2.51. The molecule has 0 unspecified atom stereocenters. The van der Waals surface area contributed by atoms with Crippen molar-refractivity contribution in [2.24, 2.45) is 10.7 Å². The third-order valence-electron chi connectivity index (χ3n) is 3.39. The van der Waals surface area contributed by atoms with E-state index in [-0.39, 0.29) is 5.82 Å². The zero-order valence-electron chi connectivity index (χ0n) is 12.1. The lowest BCUT2D eigenvalue weighted by molar-refractivity contribution is -0.118. The second kappa shape index (κ2) is 5.79. The van der Waals surface area contributed by atoms with Crippen molar-refractivity contribution in [3.05, 3.63) is 77.7 Å². The lowest BCUT2D eigenvalue weighted by Gasteiger charge is -2.23. The lowest BCUT2D eigenvalue weighted by Crippen LogP contribution is -2.31. The topological polar surface area (TPSA) is 41.6 Å². The summed E-state index contributed by atoms with van der Waals surface area (Å²) in [6, 6.07) is 16.1. The van der Waals surface area contributed by atoms with Crippen molar-refractivity contribution in [1.82, 2.24) is 0 Å². The Morgan fingerprint density at radius 1 is 0.957 bits per heavy atom. The van der Waals surface area contributed by atoms with Crippen LogP contribution < -0.4 is 10.6 Å². The number of para-hydroxylation sites is 1. The van der Waals surface area contributed by atoms with Gasteiger partial charge in [0.15, 0.2) is 0 Å². The highest BCUT2D eigenvalue weighted by molar-refractivity contribution is 6.16. The standard InChI is InChI=1S/C17H14F3N3/c18-17(19,20)11-23-10-15(21)22-16(12-6-2-1-3-7-12)13-8-4-5-9-14(13)23/h1-10H,11,21H2. The van der Waals surface area contributed by atoms with Crippen LogP contribution in [0.5, 0.6) is 0 Å². The van der Waals surface area contributed by atoms with Gasteiger partial charge in [0.1, 0.15) is 12.4 Å². The summed E-state index contributed by atoms with van der Waals surface area (Å²) in [5.41, 5.74) is 8.20. The van der Waals surface area contributed by atoms with Crippen LogP contribution in [-0.2, 0) is 0 Å². The summed E-state index contributed by atoms with van der Waals surface area (Å²) < 4.78 is 38.6. The molecule has 2 aromatic rings. The average molecular weight is 317 g/mol. The van der Waals surface area contributed by atoms with Crippen LogP contribution in [-0.4, -0.2) is 18.4 Å². The van der Waals surface area contributed by atoms with Crippen LogP contribution in [0.3, 0.4) is 0 Å². The van der Waals surface area contributed by atoms with E-state index < -0.39 is 12.7 Å². The number of hydrogen-bond donors (Lipinski definition) is 1. The molecule has 1 heterocycles. The lowest BCUT2D eigenvalue weighted by atomic mass is 10.0. The first-order valence-electron chi connectivity index (χ1n) is 6.98. The molecule has 0 radical (unpaired) electrons. The molecule has 0 fully saturated rings. The van der Waals surface area contributed by atoms with E-state index in [4.69, 9.17) is 5.73 Å². The van der Waals surface area contributed by atoms with E-state index in [9.17, 15) is 13.2 Å². The molecule has 0 spiro atoms. The minimum Gasteiger partial charge on any atom is -0.382 e. The van der Waals surface area contributed by atoms with E-state index in [2.05, 4.69) is 4.99 Å². The summed E-state index contributed by atoms with van der Waals surface area (Å²) in [4.78, 5) is 5.40. The van der Waals surface area contributed by atoms with Crippen molar-refractivity contribution in [3.8, 4) is 0 Å². The maximum absolute atomic E-state index is 12.9. The van der Waals surface area contributed by atoms with Gasteiger partial charge in [0.25, 0.3) is 0 Å². The summed E-state index contributed by atoms with van der Waals surface area (Å²) in [5.74, 6) is 0.0318. The quantitative estimate of drug-likeness (QED) is 0.918. The molecule has 0 aliphatic carbocycles. The van der Waals surface area contributed by atoms with Crippen molar-refractivity contribution in [2.75, 3.05) is 11.4 Å². The minimum absolute atomic E-state index is 0.0318. The number of fused-ring (bicyclic) bond motifs is 1. The van der Waals surface area contributed by atoms with Crippen LogP contribution in [0.4, 0.5) is 18.9 Å². The fourth-order valence-corrected chi connectivity index (χ4v) is 2.51. The van der Waals surface area contributed by atoms with Crippen molar-refractivity contribution in [2.45, 2.75) is 6.18 Å². The first kappa shape index (κ1) is 15.1. The number of anilines is 1. The predicted molar refractivity (Wildman–Crippen MR) is 84.2 cm³/mol. The van der Waals surface area contributed by atoms with Gasteiger partial charge in [-0.3, -0.25) is 0 Å². The highest BCUT2D eigenvalue weighted by Crippen LogP contribution is 2.30. The van der Waals surface area contributed by atoms with Crippen molar-refractivity contribution < 1.29 is 13.2 Å². The molecule has 0 saturated carbocycles. The van der Waals surface area contributed by atoms with Crippen molar-refractivity contribution in [1.29, 1.82) is 0 Å². The minimum atomic E-state index is -4.35. The van der Waals surface area contributed by atoms with Crippen LogP contribution >= 0.6 is 0 Å². The first-order valence-corrected chi connectivity index (χ1v) is 6.98. The Morgan fingerprint density at radius 3 is 2.30 bits per heavy atom. The van der Waals surface area contributed by atoms with Gasteiger partial charge in [-0.2, -0.15) is 13.2 Å². The fraction of sp³-hybridized carbons (Fsp3) is 0.118. The smallest absolute Gasteiger partial charge is 0.382 e. The summed E-state index contributed by atoms with van der Waals surface area (Å²) in [6.07, 6.45) is -3.12. The zero-order chi connectivity index (χ0) is 16.4. The maximum Gasteiger partial charge on any atom is 0.406 e. The van der Waals surface area contributed by atoms with E-state index in [0.717, 1.165) is 10.5 Å². The van der Waals surface area contributed by atoms with E-state index in [1.165, 1.54) is 6.20 Å². The number of halogens is 3. The van der Waals surface area contributed by atoms with Crippen molar-refractivity contribution in [3.63, 3.8) is 0 Å². The van der Waals surface area contributed by atoms with E-state index >= 15 is 0 Å². The number of benzene rings is 2. The van der Waals surface area contributed by atoms with Crippen LogP contribution in [0.1, 0.15) is 11.1 Å². The molecule has 0 aromatic heterocycles. The van der Waals surface area contributed by atoms with Gasteiger partial charge in [0, 0.05) is 17.3 Å². The molecule has 1 aliphatic rings. The molecule has 3 rings (SSSR count). The summed E-state index contributed by atoms with van der Waals surface area (Å²) in [7, 11) is 0. The molecular formula is C17H14F3N3. The van der Waals surface area contributed by atoms with Gasteiger partial charge in [-0.25, -0.2) is 4.99 Å². The second-order valence-corrected chi connectivity index (χ2v) is 5.14. The third-order valence-corrected chi connectivity index (χ3v) is 3.39. The van der Waals surface area contributed by atoms with Crippen LogP contribution in [0.15, 0.2) is 71.6 Å². The van der Waals surface area contributed by atoms with Crippen LogP contribution in [0.25, 0.3) is 0 Å². The molecule has 23 heavy (non-hydrogen) atoms. The highest BCUT2D eigenvalue weighted by Gasteiger charge is 2.32. The molecule has 2 aromatic carbocycles. The van der Waals surface area contributed by atoms with Gasteiger partial charge >= 0.3 is 6.18 Å². The van der Waals surface area contributed by atoms with Crippen molar-refractivity contribution >= 4 is 11.4 Å². The van der Waals surface area contributed by atoms with Crippen LogP contribution in [0, 0.1) is 0 Å². The summed E-state index contributed by atoms with van der Waals surface area (Å²) in [6.45, 7) is -1.12. The predicted octanol–water partition coefficient (Wildman–Crippen LogP) is 3.66. The average Bonchev–Trinajstić information content (AvgIpc) is 2.64. The van der Waals surface area contributed by atoms with Crippen LogP contribution in [0.2, 0.25) is 0 Å². The van der Waals surface area contributed by atoms with E-state index in [0.29, 0.717) is 17.0 Å². The number of hydrogen-bond acceptors (Lipinski definition) is 3. The molecule has 0 saturated heterocycles. The molecule has 0 amide bonds. The van der Waals surface area contributed by atoms with Gasteiger partial charge in [-0.1, -0.05) is 48.5 Å². The summed E-state index contributed by atoms with van der Waals surface area (Å²) >= 11 is 0. The Labute approximate surface area is 131 Å². The first-order chi connectivity index (χ1) is 10.9. The second-order valence-electron chi connectivity index (χ2n) is 5.14. The number of aliphatic imine (C=N–C) groups is 1.